The number of para-hydroxylation sites is 2. The molecule has 0 bridgehead atoms. The van der Waals surface area contributed by atoms with E-state index >= 15 is 0 Å². The average Bonchev–Trinajstić information content (AvgIpc) is 2.61. The number of methoxy groups -OCH3 is 1. The number of benzene rings is 2. The van der Waals surface area contributed by atoms with Gasteiger partial charge in [0.05, 0.1) is 12.8 Å². The molecule has 0 spiro atoms. The summed E-state index contributed by atoms with van der Waals surface area (Å²) in [6.07, 6.45) is 0.946. The standard InChI is InChI=1S/C18H21ClN4O2/c1-25-16-6-3-2-5-15(16)23-18(20)21-12-4-7-17(24)22-14-10-8-13(19)9-11-14/h2-3,5-6,8-11H,4,7,12H2,1H3,(H,22,24)(H3,20,21,23). The summed E-state index contributed by atoms with van der Waals surface area (Å²) in [6.45, 7) is 0.446. The van der Waals surface area contributed by atoms with Crippen molar-refractivity contribution in [3.05, 3.63) is 53.6 Å². The van der Waals surface area contributed by atoms with E-state index in [0.29, 0.717) is 30.2 Å². The summed E-state index contributed by atoms with van der Waals surface area (Å²) in [7, 11) is 1.59. The Morgan fingerprint density at radius 1 is 1.16 bits per heavy atom. The van der Waals surface area contributed by atoms with Gasteiger partial charge in [-0.2, -0.15) is 0 Å². The van der Waals surface area contributed by atoms with Crippen molar-refractivity contribution in [3.63, 3.8) is 0 Å². The van der Waals surface area contributed by atoms with Gasteiger partial charge >= 0.3 is 0 Å². The zero-order valence-corrected chi connectivity index (χ0v) is 14.7. The van der Waals surface area contributed by atoms with Crippen LogP contribution in [0.1, 0.15) is 12.8 Å². The van der Waals surface area contributed by atoms with Gasteiger partial charge in [-0.25, -0.2) is 0 Å². The number of guanidine groups is 1. The highest BCUT2D eigenvalue weighted by Crippen LogP contribution is 2.22. The molecule has 6 nitrogen and oxygen atoms in total. The molecule has 25 heavy (non-hydrogen) atoms. The third-order valence-corrected chi connectivity index (χ3v) is 3.59. The fourth-order valence-corrected chi connectivity index (χ4v) is 2.25. The van der Waals surface area contributed by atoms with E-state index in [1.165, 1.54) is 0 Å². The lowest BCUT2D eigenvalue weighted by Crippen LogP contribution is -2.23. The van der Waals surface area contributed by atoms with Crippen molar-refractivity contribution in [3.8, 4) is 5.75 Å². The van der Waals surface area contributed by atoms with Gasteiger partial charge in [0.25, 0.3) is 0 Å². The molecule has 0 unspecified atom stereocenters. The number of hydrogen-bond donors (Lipinski definition) is 3. The highest BCUT2D eigenvalue weighted by atomic mass is 35.5. The van der Waals surface area contributed by atoms with Crippen LogP contribution >= 0.6 is 11.6 Å². The smallest absolute Gasteiger partial charge is 0.224 e. The van der Waals surface area contributed by atoms with E-state index in [2.05, 4.69) is 15.6 Å². The summed E-state index contributed by atoms with van der Waals surface area (Å²) >= 11 is 5.80. The number of ether oxygens (including phenoxy) is 1. The van der Waals surface area contributed by atoms with Crippen LogP contribution in [0.25, 0.3) is 0 Å². The summed E-state index contributed by atoms with van der Waals surface area (Å²) in [6, 6.07) is 14.4. The normalized spacial score (nSPS) is 11.0. The first kappa shape index (κ1) is 18.6. The summed E-state index contributed by atoms with van der Waals surface area (Å²) in [5, 5.41) is 6.42. The molecule has 0 aliphatic carbocycles. The van der Waals surface area contributed by atoms with E-state index in [0.717, 1.165) is 11.4 Å². The van der Waals surface area contributed by atoms with Gasteiger partial charge in [-0.3, -0.25) is 9.79 Å². The second kappa shape index (κ2) is 9.54. The van der Waals surface area contributed by atoms with E-state index in [1.54, 1.807) is 31.4 Å². The van der Waals surface area contributed by atoms with Gasteiger partial charge in [-0.1, -0.05) is 23.7 Å². The second-order valence-electron chi connectivity index (χ2n) is 5.25. The van der Waals surface area contributed by atoms with Gasteiger partial charge in [0, 0.05) is 23.7 Å². The minimum atomic E-state index is -0.0752. The number of halogens is 1. The summed E-state index contributed by atoms with van der Waals surface area (Å²) in [4.78, 5) is 16.1. The first-order valence-corrected chi connectivity index (χ1v) is 8.21. The van der Waals surface area contributed by atoms with Gasteiger partial charge in [-0.05, 0) is 42.8 Å². The molecule has 132 valence electrons. The molecule has 0 radical (unpaired) electrons. The van der Waals surface area contributed by atoms with Crippen LogP contribution in [0.4, 0.5) is 11.4 Å². The van der Waals surface area contributed by atoms with E-state index in [-0.39, 0.29) is 11.9 Å². The zero-order valence-electron chi connectivity index (χ0n) is 14.0. The predicted octanol–water partition coefficient (Wildman–Crippen LogP) is 3.49. The fraction of sp³-hybridized carbons (Fsp3) is 0.222. The number of carbonyl (C=O) groups excluding carboxylic acids is 1. The molecule has 7 heteroatoms. The number of nitrogens with two attached hydrogens (primary N) is 1. The monoisotopic (exact) mass is 360 g/mol. The third-order valence-electron chi connectivity index (χ3n) is 3.34. The molecule has 0 saturated heterocycles. The number of anilines is 2. The van der Waals surface area contributed by atoms with Crippen molar-refractivity contribution < 1.29 is 9.53 Å². The van der Waals surface area contributed by atoms with Crippen LogP contribution in [-0.2, 0) is 4.79 Å². The molecule has 0 heterocycles. The lowest BCUT2D eigenvalue weighted by atomic mass is 10.2. The lowest BCUT2D eigenvalue weighted by molar-refractivity contribution is -0.116. The van der Waals surface area contributed by atoms with Crippen molar-refractivity contribution in [2.45, 2.75) is 12.8 Å². The van der Waals surface area contributed by atoms with Crippen molar-refractivity contribution >= 4 is 34.8 Å². The molecule has 1 amide bonds. The van der Waals surface area contributed by atoms with Gasteiger partial charge in [-0.15, -0.1) is 0 Å². The van der Waals surface area contributed by atoms with Crippen molar-refractivity contribution in [1.82, 2.24) is 0 Å². The van der Waals surface area contributed by atoms with Crippen LogP contribution in [0.3, 0.4) is 0 Å². The number of carbonyl (C=O) groups is 1. The van der Waals surface area contributed by atoms with Crippen molar-refractivity contribution in [2.75, 3.05) is 24.3 Å². The van der Waals surface area contributed by atoms with E-state index < -0.39 is 0 Å². The second-order valence-corrected chi connectivity index (χ2v) is 5.69. The number of nitrogens with one attached hydrogen (secondary N) is 2. The Kier molecular flexibility index (Phi) is 7.10. The minimum Gasteiger partial charge on any atom is -0.495 e. The Morgan fingerprint density at radius 3 is 2.60 bits per heavy atom. The van der Waals surface area contributed by atoms with Crippen LogP contribution in [0.15, 0.2) is 53.5 Å². The first-order chi connectivity index (χ1) is 12.1. The zero-order chi connectivity index (χ0) is 18.1. The Bertz CT molecular complexity index is 732. The Balaban J connectivity index is 1.74. The molecular weight excluding hydrogens is 340 g/mol. The van der Waals surface area contributed by atoms with E-state index in [1.807, 2.05) is 24.3 Å². The number of aliphatic imine (C=N–C) groups is 1. The van der Waals surface area contributed by atoms with Gasteiger partial charge in [0.15, 0.2) is 5.96 Å². The topological polar surface area (TPSA) is 88.7 Å². The van der Waals surface area contributed by atoms with E-state index in [9.17, 15) is 4.79 Å². The number of rotatable bonds is 7. The summed E-state index contributed by atoms with van der Waals surface area (Å²) < 4.78 is 5.23. The first-order valence-electron chi connectivity index (χ1n) is 7.84. The quantitative estimate of drug-likeness (QED) is 0.400. The maximum atomic E-state index is 11.9. The molecule has 0 saturated carbocycles. The highest BCUT2D eigenvalue weighted by Gasteiger charge is 2.04. The molecule has 0 aliphatic rings. The number of hydrogen-bond acceptors (Lipinski definition) is 3. The maximum Gasteiger partial charge on any atom is 0.224 e. The Hall–Kier alpha value is -2.73. The molecule has 0 atom stereocenters. The summed E-state index contributed by atoms with van der Waals surface area (Å²) in [5.74, 6) is 0.888. The van der Waals surface area contributed by atoms with Crippen molar-refractivity contribution in [1.29, 1.82) is 0 Å². The van der Waals surface area contributed by atoms with Crippen LogP contribution in [0.2, 0.25) is 5.02 Å². The molecular formula is C18H21ClN4O2. The number of amides is 1. The van der Waals surface area contributed by atoms with Crippen LogP contribution in [0.5, 0.6) is 5.75 Å². The Labute approximate surface area is 152 Å². The largest absolute Gasteiger partial charge is 0.495 e. The third kappa shape index (κ3) is 6.35. The lowest BCUT2D eigenvalue weighted by Gasteiger charge is -2.10. The van der Waals surface area contributed by atoms with Crippen LogP contribution in [-0.4, -0.2) is 25.5 Å². The molecule has 4 N–H and O–H groups in total. The van der Waals surface area contributed by atoms with Gasteiger partial charge in [0.1, 0.15) is 5.75 Å². The average molecular weight is 361 g/mol. The SMILES string of the molecule is COc1ccccc1NC(N)=NCCCC(=O)Nc1ccc(Cl)cc1. The van der Waals surface area contributed by atoms with Crippen molar-refractivity contribution in [2.24, 2.45) is 10.7 Å². The molecule has 0 aliphatic heterocycles. The predicted molar refractivity (Wildman–Crippen MR) is 102 cm³/mol. The number of nitrogens with zero attached hydrogens (tertiary/aromatic N) is 1. The molecule has 0 fully saturated rings. The molecule has 2 rings (SSSR count). The minimum absolute atomic E-state index is 0.0752. The van der Waals surface area contributed by atoms with E-state index in [4.69, 9.17) is 22.1 Å². The molecule has 2 aromatic carbocycles. The van der Waals surface area contributed by atoms with Crippen LogP contribution < -0.4 is 21.1 Å². The summed E-state index contributed by atoms with van der Waals surface area (Å²) in [5.41, 5.74) is 7.31. The van der Waals surface area contributed by atoms with Gasteiger partial charge < -0.3 is 21.1 Å². The highest BCUT2D eigenvalue weighted by molar-refractivity contribution is 6.30. The van der Waals surface area contributed by atoms with Crippen LogP contribution in [0, 0.1) is 0 Å². The molecule has 0 aromatic heterocycles. The fourth-order valence-electron chi connectivity index (χ4n) is 2.12. The van der Waals surface area contributed by atoms with Gasteiger partial charge in [0.2, 0.25) is 5.91 Å². The molecule has 2 aromatic rings. The maximum absolute atomic E-state index is 11.9. The Morgan fingerprint density at radius 2 is 1.88 bits per heavy atom.